The zero-order valence-electron chi connectivity index (χ0n) is 20.2. The number of ether oxygens (including phenoxy) is 1. The van der Waals surface area contributed by atoms with Crippen LogP contribution in [0.3, 0.4) is 0 Å². The van der Waals surface area contributed by atoms with Gasteiger partial charge in [-0.1, -0.05) is 24.0 Å². The summed E-state index contributed by atoms with van der Waals surface area (Å²) in [5, 5.41) is 8.81. The van der Waals surface area contributed by atoms with Crippen molar-refractivity contribution >= 4 is 15.7 Å². The van der Waals surface area contributed by atoms with E-state index >= 15 is 0 Å². The number of piperidine rings is 1. The first-order valence-electron chi connectivity index (χ1n) is 11.9. The highest BCUT2D eigenvalue weighted by Gasteiger charge is 2.26. The molecule has 1 saturated heterocycles. The Morgan fingerprint density at radius 2 is 1.66 bits per heavy atom. The number of hydrogen-bond acceptors (Lipinski definition) is 6. The van der Waals surface area contributed by atoms with Crippen molar-refractivity contribution in [1.82, 2.24) is 4.90 Å². The van der Waals surface area contributed by atoms with E-state index in [0.717, 1.165) is 36.6 Å². The van der Waals surface area contributed by atoms with Crippen LogP contribution in [-0.4, -0.2) is 68.7 Å². The maximum Gasteiger partial charge on any atom is 0.239 e. The Morgan fingerprint density at radius 3 is 2.20 bits per heavy atom. The van der Waals surface area contributed by atoms with Crippen molar-refractivity contribution in [2.75, 3.05) is 38.3 Å². The number of likely N-dealkylation sites (tertiary alicyclic amines) is 1. The Balaban J connectivity index is 1.45. The second-order valence-electron chi connectivity index (χ2n) is 9.04. The highest BCUT2D eigenvalue weighted by molar-refractivity contribution is 7.90. The van der Waals surface area contributed by atoms with Gasteiger partial charge >= 0.3 is 0 Å². The quantitative estimate of drug-likeness (QED) is 0.512. The molecule has 2 aromatic carbocycles. The summed E-state index contributed by atoms with van der Waals surface area (Å²) in [6.07, 6.45) is 4.08. The average Bonchev–Trinajstić information content (AvgIpc) is 2.86. The minimum absolute atomic E-state index is 0.0138. The van der Waals surface area contributed by atoms with E-state index in [4.69, 9.17) is 15.6 Å². The third kappa shape index (κ3) is 9.02. The van der Waals surface area contributed by atoms with Crippen molar-refractivity contribution < 1.29 is 23.1 Å². The number of rotatable bonds is 9. The van der Waals surface area contributed by atoms with E-state index in [9.17, 15) is 13.2 Å². The zero-order valence-corrected chi connectivity index (χ0v) is 21.0. The Morgan fingerprint density at radius 1 is 1.09 bits per heavy atom. The van der Waals surface area contributed by atoms with Gasteiger partial charge in [-0.05, 0) is 73.6 Å². The summed E-state index contributed by atoms with van der Waals surface area (Å²) in [6, 6.07) is 15.0. The van der Waals surface area contributed by atoms with E-state index in [2.05, 4.69) is 24.0 Å². The van der Waals surface area contributed by atoms with Gasteiger partial charge in [0.25, 0.3) is 0 Å². The van der Waals surface area contributed by atoms with Gasteiger partial charge in [-0.3, -0.25) is 4.79 Å². The molecule has 1 heterocycles. The maximum absolute atomic E-state index is 12.5. The highest BCUT2D eigenvalue weighted by Crippen LogP contribution is 2.22. The van der Waals surface area contributed by atoms with E-state index < -0.39 is 15.9 Å². The number of carbonyl (C=O) groups is 1. The maximum atomic E-state index is 12.5. The molecular weight excluding hydrogens is 464 g/mol. The lowest BCUT2D eigenvalue weighted by atomic mass is 9.89. The van der Waals surface area contributed by atoms with Crippen LogP contribution in [0.2, 0.25) is 0 Å². The van der Waals surface area contributed by atoms with Crippen LogP contribution < -0.4 is 10.5 Å². The summed E-state index contributed by atoms with van der Waals surface area (Å²) in [4.78, 5) is 14.3. The van der Waals surface area contributed by atoms with Crippen LogP contribution in [0.15, 0.2) is 48.5 Å². The monoisotopic (exact) mass is 498 g/mol. The lowest BCUT2D eigenvalue weighted by Crippen LogP contribution is -2.47. The summed E-state index contributed by atoms with van der Waals surface area (Å²) in [5.74, 6) is 7.31. The normalized spacial score (nSPS) is 15.2. The lowest BCUT2D eigenvalue weighted by Gasteiger charge is -2.33. The Kier molecular flexibility index (Phi) is 9.73. The number of aliphatic hydroxyl groups excluding tert-OH is 1. The summed E-state index contributed by atoms with van der Waals surface area (Å²) < 4.78 is 28.0. The Hall–Kier alpha value is -2.86. The van der Waals surface area contributed by atoms with Crippen molar-refractivity contribution in [3.63, 3.8) is 0 Å². The van der Waals surface area contributed by atoms with E-state index in [0.29, 0.717) is 24.8 Å². The molecule has 2 aromatic rings. The standard InChI is InChI=1S/C27H34N2O5S/c1-35(32,33)19-14-26(28)27(31)29-15-12-24(13-16-29)20-23-6-4-21(5-7-23)2-3-22-8-10-25(11-9-22)34-18-17-30/h4-11,24,26,30H,12-20,28H2,1H3. The molecule has 1 atom stereocenters. The van der Waals surface area contributed by atoms with Crippen molar-refractivity contribution in [2.24, 2.45) is 11.7 Å². The molecule has 0 aliphatic carbocycles. The van der Waals surface area contributed by atoms with E-state index in [1.165, 1.54) is 5.56 Å². The second kappa shape index (κ2) is 12.7. The van der Waals surface area contributed by atoms with Gasteiger partial charge < -0.3 is 20.5 Å². The van der Waals surface area contributed by atoms with E-state index in [1.807, 2.05) is 36.4 Å². The first kappa shape index (κ1) is 26.7. The van der Waals surface area contributed by atoms with Crippen LogP contribution in [0, 0.1) is 17.8 Å². The van der Waals surface area contributed by atoms with E-state index in [-0.39, 0.29) is 31.3 Å². The van der Waals surface area contributed by atoms with Crippen LogP contribution >= 0.6 is 0 Å². The van der Waals surface area contributed by atoms with Crippen LogP contribution in [0.25, 0.3) is 0 Å². The number of amides is 1. The smallest absolute Gasteiger partial charge is 0.239 e. The molecule has 8 heteroatoms. The molecule has 188 valence electrons. The van der Waals surface area contributed by atoms with Crippen LogP contribution in [0.1, 0.15) is 36.0 Å². The fourth-order valence-electron chi connectivity index (χ4n) is 4.06. The van der Waals surface area contributed by atoms with Gasteiger partial charge in [-0.25, -0.2) is 8.42 Å². The number of benzene rings is 2. The number of sulfone groups is 1. The molecule has 1 aliphatic rings. The summed E-state index contributed by atoms with van der Waals surface area (Å²) >= 11 is 0. The molecule has 7 nitrogen and oxygen atoms in total. The van der Waals surface area contributed by atoms with Gasteiger partial charge in [-0.15, -0.1) is 0 Å². The molecule has 1 fully saturated rings. The SMILES string of the molecule is CS(=O)(=O)CCC(N)C(=O)N1CCC(Cc2ccc(C#Cc3ccc(OCCO)cc3)cc2)CC1. The number of nitrogens with zero attached hydrogens (tertiary/aromatic N) is 1. The van der Waals surface area contributed by atoms with Crippen molar-refractivity contribution in [1.29, 1.82) is 0 Å². The molecule has 3 N–H and O–H groups in total. The first-order valence-corrected chi connectivity index (χ1v) is 14.0. The number of carbonyl (C=O) groups excluding carboxylic acids is 1. The van der Waals surface area contributed by atoms with Crippen LogP contribution in [0.5, 0.6) is 5.75 Å². The van der Waals surface area contributed by atoms with Gasteiger partial charge in [0.2, 0.25) is 5.91 Å². The molecule has 0 radical (unpaired) electrons. The molecule has 0 bridgehead atoms. The van der Waals surface area contributed by atoms with Gasteiger partial charge in [0.15, 0.2) is 0 Å². The zero-order chi connectivity index (χ0) is 25.3. The molecular formula is C27H34N2O5S. The molecule has 0 spiro atoms. The minimum atomic E-state index is -3.12. The van der Waals surface area contributed by atoms with E-state index in [1.54, 1.807) is 4.90 Å². The third-order valence-corrected chi connectivity index (χ3v) is 7.06. The first-order chi connectivity index (χ1) is 16.7. The average molecular weight is 499 g/mol. The fraction of sp³-hybridized carbons (Fsp3) is 0.444. The summed E-state index contributed by atoms with van der Waals surface area (Å²) in [5.41, 5.74) is 9.01. The van der Waals surface area contributed by atoms with Crippen LogP contribution in [0.4, 0.5) is 0 Å². The Labute approximate surface area is 208 Å². The Bertz CT molecular complexity index is 1130. The van der Waals surface area contributed by atoms with Crippen LogP contribution in [-0.2, 0) is 21.1 Å². The van der Waals surface area contributed by atoms with Crippen molar-refractivity contribution in [3.05, 3.63) is 65.2 Å². The largest absolute Gasteiger partial charge is 0.491 e. The van der Waals surface area contributed by atoms with Gasteiger partial charge in [0.1, 0.15) is 22.2 Å². The number of hydrogen-bond donors (Lipinski definition) is 2. The lowest BCUT2D eigenvalue weighted by molar-refractivity contribution is -0.134. The van der Waals surface area contributed by atoms with Crippen molar-refractivity contribution in [2.45, 2.75) is 31.7 Å². The molecule has 0 saturated carbocycles. The van der Waals surface area contributed by atoms with Gasteiger partial charge in [-0.2, -0.15) is 0 Å². The molecule has 1 aliphatic heterocycles. The fourth-order valence-corrected chi connectivity index (χ4v) is 4.74. The third-order valence-electron chi connectivity index (χ3n) is 6.09. The minimum Gasteiger partial charge on any atom is -0.491 e. The molecule has 1 unspecified atom stereocenters. The predicted octanol–water partition coefficient (Wildman–Crippen LogP) is 2.00. The topological polar surface area (TPSA) is 110 Å². The molecule has 1 amide bonds. The molecule has 35 heavy (non-hydrogen) atoms. The highest BCUT2D eigenvalue weighted by atomic mass is 32.2. The molecule has 3 rings (SSSR count). The number of aliphatic hydroxyl groups is 1. The van der Waals surface area contributed by atoms with Gasteiger partial charge in [0.05, 0.1) is 18.4 Å². The summed E-state index contributed by atoms with van der Waals surface area (Å²) in [6.45, 7) is 1.57. The summed E-state index contributed by atoms with van der Waals surface area (Å²) in [7, 11) is -3.12. The molecule has 0 aromatic heterocycles. The number of nitrogens with two attached hydrogens (primary N) is 1. The van der Waals surface area contributed by atoms with Crippen molar-refractivity contribution in [3.8, 4) is 17.6 Å². The predicted molar refractivity (Wildman–Crippen MR) is 137 cm³/mol. The van der Waals surface area contributed by atoms with Gasteiger partial charge in [0, 0.05) is 30.5 Å². The second-order valence-corrected chi connectivity index (χ2v) is 11.3.